The van der Waals surface area contributed by atoms with Gasteiger partial charge in [-0.3, -0.25) is 9.69 Å². The number of amides is 1. The first-order valence-electron chi connectivity index (χ1n) is 14.4. The number of piperidine rings is 1. The van der Waals surface area contributed by atoms with Crippen molar-refractivity contribution in [2.75, 3.05) is 56.7 Å². The summed E-state index contributed by atoms with van der Waals surface area (Å²) in [6, 6.07) is 19.4. The summed E-state index contributed by atoms with van der Waals surface area (Å²) in [5.74, 6) is 0.523. The largest absolute Gasteiger partial charge is 0.385 e. The second kappa shape index (κ2) is 10.9. The predicted octanol–water partition coefficient (Wildman–Crippen LogP) is 3.77. The molecule has 0 aliphatic carbocycles. The van der Waals surface area contributed by atoms with Gasteiger partial charge in [-0.25, -0.2) is 4.52 Å². The Labute approximate surface area is 249 Å². The number of pyridine rings is 1. The first kappa shape index (κ1) is 27.2. The summed E-state index contributed by atoms with van der Waals surface area (Å²) in [6.07, 6.45) is 3.08. The molecule has 0 radical (unpaired) electrons. The third-order valence-corrected chi connectivity index (χ3v) is 9.22. The minimum Gasteiger partial charge on any atom is -0.385 e. The Morgan fingerprint density at radius 2 is 1.71 bits per heavy atom. The smallest absolute Gasteiger partial charge is 0.253 e. The number of nitrogens with one attached hydrogen (secondary N) is 1. The van der Waals surface area contributed by atoms with Crippen molar-refractivity contribution in [3.63, 3.8) is 0 Å². The first-order valence-corrected chi connectivity index (χ1v) is 14.8. The Bertz CT molecular complexity index is 1570. The Morgan fingerprint density at radius 3 is 2.40 bits per heavy atom. The molecule has 7 rings (SSSR count). The SMILES string of the molecule is CN1C2COCC1CN(C(=O)c1ccc(Nc3nc4c(N5CCC(O)(c6ccc(Cl)cc6)CC5)cccn4n3)cc1)C2. The van der Waals surface area contributed by atoms with Gasteiger partial charge in [0.05, 0.1) is 36.6 Å². The van der Waals surface area contributed by atoms with Crippen LogP contribution in [0.4, 0.5) is 17.3 Å². The Hall–Kier alpha value is -3.70. The normalized spacial score (nSPS) is 22.4. The topological polar surface area (TPSA) is 98.5 Å². The number of hydrogen-bond donors (Lipinski definition) is 2. The van der Waals surface area contributed by atoms with E-state index in [1.54, 1.807) is 4.52 Å². The summed E-state index contributed by atoms with van der Waals surface area (Å²) in [4.78, 5) is 24.6. The van der Waals surface area contributed by atoms with Crippen molar-refractivity contribution < 1.29 is 14.6 Å². The van der Waals surface area contributed by atoms with E-state index in [-0.39, 0.29) is 18.0 Å². The third kappa shape index (κ3) is 5.09. The van der Waals surface area contributed by atoms with E-state index >= 15 is 0 Å². The number of halogens is 1. The van der Waals surface area contributed by atoms with Crippen LogP contribution >= 0.6 is 11.6 Å². The summed E-state index contributed by atoms with van der Waals surface area (Å²) >= 11 is 6.05. The van der Waals surface area contributed by atoms with E-state index in [4.69, 9.17) is 21.3 Å². The highest BCUT2D eigenvalue weighted by atomic mass is 35.5. The van der Waals surface area contributed by atoms with Gasteiger partial charge in [-0.2, -0.15) is 4.98 Å². The summed E-state index contributed by atoms with van der Waals surface area (Å²) < 4.78 is 7.45. The number of benzene rings is 2. The molecule has 2 N–H and O–H groups in total. The van der Waals surface area contributed by atoms with E-state index in [0.29, 0.717) is 68.8 Å². The van der Waals surface area contributed by atoms with Gasteiger partial charge in [0.1, 0.15) is 0 Å². The van der Waals surface area contributed by atoms with Gasteiger partial charge in [0.2, 0.25) is 5.95 Å². The average molecular weight is 588 g/mol. The highest BCUT2D eigenvalue weighted by Gasteiger charge is 2.38. The second-order valence-electron chi connectivity index (χ2n) is 11.5. The van der Waals surface area contributed by atoms with Crippen molar-refractivity contribution in [2.24, 2.45) is 0 Å². The fourth-order valence-corrected chi connectivity index (χ4v) is 6.48. The zero-order valence-corrected chi connectivity index (χ0v) is 24.2. The third-order valence-electron chi connectivity index (χ3n) is 8.96. The number of anilines is 3. The summed E-state index contributed by atoms with van der Waals surface area (Å²) in [7, 11) is 2.12. The van der Waals surface area contributed by atoms with Crippen LogP contribution in [-0.4, -0.2) is 93.9 Å². The predicted molar refractivity (Wildman–Crippen MR) is 162 cm³/mol. The van der Waals surface area contributed by atoms with E-state index in [1.165, 1.54) is 0 Å². The van der Waals surface area contributed by atoms with Gasteiger partial charge in [0.15, 0.2) is 5.65 Å². The van der Waals surface area contributed by atoms with Gasteiger partial charge < -0.3 is 25.0 Å². The van der Waals surface area contributed by atoms with Gasteiger partial charge in [-0.1, -0.05) is 23.7 Å². The fraction of sp³-hybridized carbons (Fsp3) is 0.387. The van der Waals surface area contributed by atoms with E-state index in [0.717, 1.165) is 22.6 Å². The fourth-order valence-electron chi connectivity index (χ4n) is 6.35. The van der Waals surface area contributed by atoms with Crippen molar-refractivity contribution in [1.82, 2.24) is 24.4 Å². The molecule has 3 aliphatic heterocycles. The lowest BCUT2D eigenvalue weighted by atomic mass is 9.84. The molecule has 1 amide bonds. The molecule has 2 aromatic carbocycles. The number of likely N-dealkylation sites (N-methyl/N-ethyl adjacent to an activating group) is 1. The molecule has 5 heterocycles. The number of carbonyl (C=O) groups is 1. The second-order valence-corrected chi connectivity index (χ2v) is 12.0. The molecule has 42 heavy (non-hydrogen) atoms. The molecule has 218 valence electrons. The van der Waals surface area contributed by atoms with Crippen LogP contribution in [0.3, 0.4) is 0 Å². The Morgan fingerprint density at radius 1 is 1.02 bits per heavy atom. The highest BCUT2D eigenvalue weighted by Crippen LogP contribution is 2.36. The molecule has 11 heteroatoms. The quantitative estimate of drug-likeness (QED) is 0.364. The van der Waals surface area contributed by atoms with E-state index < -0.39 is 5.60 Å². The van der Waals surface area contributed by atoms with E-state index in [9.17, 15) is 9.90 Å². The zero-order valence-electron chi connectivity index (χ0n) is 23.5. The van der Waals surface area contributed by atoms with Gasteiger partial charge in [0.25, 0.3) is 5.91 Å². The molecule has 2 bridgehead atoms. The van der Waals surface area contributed by atoms with Crippen LogP contribution in [-0.2, 0) is 10.3 Å². The molecule has 2 unspecified atom stereocenters. The Balaban J connectivity index is 1.03. The number of piperazine rings is 1. The molecular weight excluding hydrogens is 554 g/mol. The molecule has 4 aromatic rings. The Kier molecular flexibility index (Phi) is 7.02. The zero-order chi connectivity index (χ0) is 28.8. The van der Waals surface area contributed by atoms with Crippen LogP contribution in [0.2, 0.25) is 5.02 Å². The van der Waals surface area contributed by atoms with Gasteiger partial charge >= 0.3 is 0 Å². The van der Waals surface area contributed by atoms with Crippen LogP contribution < -0.4 is 10.2 Å². The van der Waals surface area contributed by atoms with Crippen molar-refractivity contribution >= 4 is 40.5 Å². The monoisotopic (exact) mass is 587 g/mol. The maximum atomic E-state index is 13.2. The van der Waals surface area contributed by atoms with E-state index in [2.05, 4.69) is 27.3 Å². The molecular formula is C31H34ClN7O3. The average Bonchev–Trinajstić information content (AvgIpc) is 3.40. The van der Waals surface area contributed by atoms with Gasteiger partial charge in [0, 0.05) is 48.6 Å². The molecule has 3 aliphatic rings. The van der Waals surface area contributed by atoms with Crippen LogP contribution in [0.25, 0.3) is 5.65 Å². The number of morpholine rings is 1. The minimum atomic E-state index is -0.877. The summed E-state index contributed by atoms with van der Waals surface area (Å²) in [5, 5.41) is 19.9. The van der Waals surface area contributed by atoms with Crippen LogP contribution in [0.15, 0.2) is 66.9 Å². The molecule has 3 fully saturated rings. The molecule has 2 atom stereocenters. The molecule has 0 spiro atoms. The molecule has 0 saturated carbocycles. The summed E-state index contributed by atoms with van der Waals surface area (Å²) in [6.45, 7) is 4.05. The van der Waals surface area contributed by atoms with E-state index in [1.807, 2.05) is 71.8 Å². The van der Waals surface area contributed by atoms with Crippen LogP contribution in [0.1, 0.15) is 28.8 Å². The number of ether oxygens (including phenoxy) is 1. The lowest BCUT2D eigenvalue weighted by Gasteiger charge is -2.48. The standard InChI is InChI=1S/C31H34ClN7O3/c1-36-25-17-38(18-26(36)20-42-19-25)29(40)21-4-10-24(11-5-21)33-30-34-28-27(3-2-14-39(28)35-30)37-15-12-31(41,13-16-37)22-6-8-23(32)9-7-22/h2-11,14,25-26,41H,12-13,15-20H2,1H3,(H,33,35). The number of aliphatic hydroxyl groups is 1. The van der Waals surface area contributed by atoms with Crippen LogP contribution in [0, 0.1) is 0 Å². The minimum absolute atomic E-state index is 0.0477. The number of rotatable bonds is 5. The number of aromatic nitrogens is 3. The van der Waals surface area contributed by atoms with Crippen molar-refractivity contribution in [3.05, 3.63) is 83.0 Å². The highest BCUT2D eigenvalue weighted by molar-refractivity contribution is 6.30. The molecule has 10 nitrogen and oxygen atoms in total. The lowest BCUT2D eigenvalue weighted by Crippen LogP contribution is -2.64. The molecule has 2 aromatic heterocycles. The van der Waals surface area contributed by atoms with Crippen molar-refractivity contribution in [1.29, 1.82) is 0 Å². The molecule has 3 saturated heterocycles. The van der Waals surface area contributed by atoms with Crippen molar-refractivity contribution in [2.45, 2.75) is 30.5 Å². The maximum Gasteiger partial charge on any atom is 0.253 e. The van der Waals surface area contributed by atoms with Crippen LogP contribution in [0.5, 0.6) is 0 Å². The lowest BCUT2D eigenvalue weighted by molar-refractivity contribution is -0.0776. The van der Waals surface area contributed by atoms with Gasteiger partial charge in [-0.15, -0.1) is 5.10 Å². The first-order chi connectivity index (χ1) is 20.4. The number of hydrogen-bond acceptors (Lipinski definition) is 8. The number of nitrogens with zero attached hydrogens (tertiary/aromatic N) is 6. The van der Waals surface area contributed by atoms with Crippen molar-refractivity contribution in [3.8, 4) is 0 Å². The number of fused-ring (bicyclic) bond motifs is 3. The summed E-state index contributed by atoms with van der Waals surface area (Å²) in [5.41, 5.74) is 3.20. The number of carbonyl (C=O) groups excluding carboxylic acids is 1. The maximum absolute atomic E-state index is 13.2. The van der Waals surface area contributed by atoms with Gasteiger partial charge in [-0.05, 0) is 74.0 Å².